The van der Waals surface area contributed by atoms with Crippen LogP contribution in [-0.4, -0.2) is 49.3 Å². The van der Waals surface area contributed by atoms with Crippen molar-refractivity contribution in [1.29, 1.82) is 0 Å². The zero-order valence-corrected chi connectivity index (χ0v) is 10.8. The van der Waals surface area contributed by atoms with E-state index in [0.29, 0.717) is 31.0 Å². The van der Waals surface area contributed by atoms with E-state index in [1.807, 2.05) is 0 Å². The summed E-state index contributed by atoms with van der Waals surface area (Å²) in [7, 11) is 0. The second kappa shape index (κ2) is 8.66. The van der Waals surface area contributed by atoms with Crippen LogP contribution in [0.5, 0.6) is 5.75 Å². The molecule has 0 saturated carbocycles. The summed E-state index contributed by atoms with van der Waals surface area (Å²) in [5.41, 5.74) is 6.21. The lowest BCUT2D eigenvalue weighted by atomic mass is 10.3. The number of ether oxygens (including phenoxy) is 1. The third-order valence-corrected chi connectivity index (χ3v) is 2.58. The van der Waals surface area contributed by atoms with Gasteiger partial charge in [0.25, 0.3) is 6.43 Å². The molecule has 0 radical (unpaired) electrons. The van der Waals surface area contributed by atoms with Gasteiger partial charge in [0.15, 0.2) is 0 Å². The summed E-state index contributed by atoms with van der Waals surface area (Å²) in [6.45, 7) is 0.731. The number of hydrogen-bond acceptors (Lipinski definition) is 4. The summed E-state index contributed by atoms with van der Waals surface area (Å²) in [5.74, 6) is 0.705. The van der Waals surface area contributed by atoms with Gasteiger partial charge in [0.05, 0.1) is 19.8 Å². The molecule has 0 aliphatic heterocycles. The van der Waals surface area contributed by atoms with Crippen molar-refractivity contribution in [3.8, 4) is 5.75 Å². The Labute approximate surface area is 111 Å². The summed E-state index contributed by atoms with van der Waals surface area (Å²) in [5, 5.41) is 8.78. The lowest BCUT2D eigenvalue weighted by Gasteiger charge is -2.20. The van der Waals surface area contributed by atoms with E-state index in [1.54, 1.807) is 24.3 Å². The van der Waals surface area contributed by atoms with Crippen LogP contribution in [0.2, 0.25) is 0 Å². The number of aliphatic hydroxyl groups excluding tert-OH is 1. The van der Waals surface area contributed by atoms with Crippen molar-refractivity contribution in [3.63, 3.8) is 0 Å². The molecule has 0 spiro atoms. The molecule has 0 aromatic heterocycles. The van der Waals surface area contributed by atoms with Gasteiger partial charge in [-0.2, -0.15) is 0 Å². The molecule has 0 fully saturated rings. The van der Waals surface area contributed by atoms with Crippen molar-refractivity contribution in [3.05, 3.63) is 24.3 Å². The van der Waals surface area contributed by atoms with E-state index < -0.39 is 6.43 Å². The molecule has 19 heavy (non-hydrogen) atoms. The Morgan fingerprint density at radius 2 is 1.89 bits per heavy atom. The Bertz CT molecular complexity index is 347. The van der Waals surface area contributed by atoms with E-state index in [-0.39, 0.29) is 19.7 Å². The van der Waals surface area contributed by atoms with Gasteiger partial charge >= 0.3 is 0 Å². The van der Waals surface area contributed by atoms with Gasteiger partial charge in [0.1, 0.15) is 5.75 Å². The van der Waals surface area contributed by atoms with Crippen LogP contribution in [0.1, 0.15) is 6.42 Å². The number of nitrogen functional groups attached to an aromatic ring is 1. The van der Waals surface area contributed by atoms with Crippen LogP contribution in [-0.2, 0) is 0 Å². The minimum absolute atomic E-state index is 0.120. The first-order valence-corrected chi connectivity index (χ1v) is 6.21. The Morgan fingerprint density at radius 3 is 2.47 bits per heavy atom. The third-order valence-electron chi connectivity index (χ3n) is 2.58. The second-order valence-electron chi connectivity index (χ2n) is 4.19. The highest BCUT2D eigenvalue weighted by Crippen LogP contribution is 2.13. The molecule has 0 amide bonds. The third kappa shape index (κ3) is 6.93. The van der Waals surface area contributed by atoms with Crippen LogP contribution in [0.15, 0.2) is 24.3 Å². The maximum absolute atomic E-state index is 12.3. The summed E-state index contributed by atoms with van der Waals surface area (Å²) in [4.78, 5) is 1.52. The van der Waals surface area contributed by atoms with E-state index in [2.05, 4.69) is 0 Å². The van der Waals surface area contributed by atoms with Crippen LogP contribution in [0, 0.1) is 0 Å². The van der Waals surface area contributed by atoms with Crippen molar-refractivity contribution in [1.82, 2.24) is 4.90 Å². The van der Waals surface area contributed by atoms with Gasteiger partial charge in [-0.15, -0.1) is 0 Å². The fourth-order valence-corrected chi connectivity index (χ4v) is 1.67. The van der Waals surface area contributed by atoms with Crippen LogP contribution < -0.4 is 10.5 Å². The first-order valence-electron chi connectivity index (χ1n) is 6.21. The monoisotopic (exact) mass is 274 g/mol. The molecule has 0 heterocycles. The number of alkyl halides is 2. The van der Waals surface area contributed by atoms with E-state index in [9.17, 15) is 8.78 Å². The van der Waals surface area contributed by atoms with Crippen molar-refractivity contribution < 1.29 is 18.6 Å². The lowest BCUT2D eigenvalue weighted by molar-refractivity contribution is 0.0754. The first-order chi connectivity index (χ1) is 9.11. The van der Waals surface area contributed by atoms with E-state index in [0.717, 1.165) is 0 Å². The number of benzene rings is 1. The molecule has 0 aliphatic carbocycles. The quantitative estimate of drug-likeness (QED) is 0.530. The SMILES string of the molecule is Nc1ccc(OCCCN(CCO)CC(F)F)cc1. The van der Waals surface area contributed by atoms with Gasteiger partial charge in [-0.25, -0.2) is 8.78 Å². The smallest absolute Gasteiger partial charge is 0.251 e. The Hall–Kier alpha value is -1.40. The number of hydrogen-bond donors (Lipinski definition) is 2. The van der Waals surface area contributed by atoms with Gasteiger partial charge in [-0.1, -0.05) is 0 Å². The number of halogens is 2. The van der Waals surface area contributed by atoms with E-state index in [1.165, 1.54) is 4.90 Å². The molecule has 1 rings (SSSR count). The fraction of sp³-hybridized carbons (Fsp3) is 0.538. The molecule has 0 atom stereocenters. The van der Waals surface area contributed by atoms with Crippen LogP contribution in [0.3, 0.4) is 0 Å². The van der Waals surface area contributed by atoms with Crippen molar-refractivity contribution >= 4 is 5.69 Å². The molecule has 1 aromatic carbocycles. The summed E-state index contributed by atoms with van der Waals surface area (Å²) in [6, 6.07) is 7.01. The standard InChI is InChI=1S/C13H20F2N2O2/c14-13(15)10-17(7-8-18)6-1-9-19-12-4-2-11(16)3-5-12/h2-5,13,18H,1,6-10,16H2. The zero-order valence-electron chi connectivity index (χ0n) is 10.8. The van der Waals surface area contributed by atoms with Gasteiger partial charge in [-0.05, 0) is 30.7 Å². The highest BCUT2D eigenvalue weighted by molar-refractivity contribution is 5.41. The van der Waals surface area contributed by atoms with E-state index in [4.69, 9.17) is 15.6 Å². The molecule has 0 unspecified atom stereocenters. The maximum atomic E-state index is 12.3. The first kappa shape index (κ1) is 15.7. The van der Waals surface area contributed by atoms with Gasteiger partial charge < -0.3 is 15.6 Å². The molecule has 0 aliphatic rings. The highest BCUT2D eigenvalue weighted by atomic mass is 19.3. The average Bonchev–Trinajstić information content (AvgIpc) is 2.36. The number of anilines is 1. The lowest BCUT2D eigenvalue weighted by Crippen LogP contribution is -2.33. The molecule has 3 N–H and O–H groups in total. The Morgan fingerprint density at radius 1 is 1.21 bits per heavy atom. The maximum Gasteiger partial charge on any atom is 0.251 e. The molecule has 108 valence electrons. The fourth-order valence-electron chi connectivity index (χ4n) is 1.67. The number of rotatable bonds is 9. The highest BCUT2D eigenvalue weighted by Gasteiger charge is 2.10. The van der Waals surface area contributed by atoms with E-state index >= 15 is 0 Å². The van der Waals surface area contributed by atoms with Gasteiger partial charge in [0, 0.05) is 18.8 Å². The summed E-state index contributed by atoms with van der Waals surface area (Å²) in [6.07, 6.45) is -1.76. The molecule has 4 nitrogen and oxygen atoms in total. The zero-order chi connectivity index (χ0) is 14.1. The normalized spacial score (nSPS) is 11.2. The number of nitrogens with two attached hydrogens (primary N) is 1. The molecule has 6 heteroatoms. The minimum Gasteiger partial charge on any atom is -0.494 e. The van der Waals surface area contributed by atoms with Crippen LogP contribution in [0.25, 0.3) is 0 Å². The predicted molar refractivity (Wildman–Crippen MR) is 70.5 cm³/mol. The Balaban J connectivity index is 2.22. The van der Waals surface area contributed by atoms with Gasteiger partial charge in [0.2, 0.25) is 0 Å². The van der Waals surface area contributed by atoms with Crippen molar-refractivity contribution in [2.24, 2.45) is 0 Å². The molecule has 0 saturated heterocycles. The largest absolute Gasteiger partial charge is 0.494 e. The summed E-state index contributed by atoms with van der Waals surface area (Å²) >= 11 is 0. The van der Waals surface area contributed by atoms with Gasteiger partial charge in [-0.3, -0.25) is 4.90 Å². The molecular weight excluding hydrogens is 254 g/mol. The molecule has 1 aromatic rings. The Kier molecular flexibility index (Phi) is 7.14. The molecule has 0 bridgehead atoms. The predicted octanol–water partition coefficient (Wildman–Crippen LogP) is 1.60. The average molecular weight is 274 g/mol. The van der Waals surface area contributed by atoms with Crippen molar-refractivity contribution in [2.45, 2.75) is 12.8 Å². The van der Waals surface area contributed by atoms with Crippen LogP contribution >= 0.6 is 0 Å². The topological polar surface area (TPSA) is 58.7 Å². The van der Waals surface area contributed by atoms with Crippen molar-refractivity contribution in [2.75, 3.05) is 38.6 Å². The molecular formula is C13H20F2N2O2. The summed E-state index contributed by atoms with van der Waals surface area (Å²) < 4.78 is 30.0. The second-order valence-corrected chi connectivity index (χ2v) is 4.19. The van der Waals surface area contributed by atoms with Crippen LogP contribution in [0.4, 0.5) is 14.5 Å². The minimum atomic E-state index is -2.38. The number of nitrogens with zero attached hydrogens (tertiary/aromatic N) is 1. The number of aliphatic hydroxyl groups is 1.